The Balaban J connectivity index is 0.885. The van der Waals surface area contributed by atoms with Crippen LogP contribution < -0.4 is 0 Å². The Morgan fingerprint density at radius 2 is 1.25 bits per heavy atom. The number of hydrogen-bond acceptors (Lipinski definition) is 2. The Hall–Kier alpha value is -8.82. The molecule has 1 atom stereocenters. The molecular weight excluding hydrogens is 919 g/mol. The van der Waals surface area contributed by atoms with Gasteiger partial charge in [0, 0.05) is 23.9 Å². The molecule has 0 spiro atoms. The zero-order valence-electron chi connectivity index (χ0n) is 43.9. The summed E-state index contributed by atoms with van der Waals surface area (Å²) < 4.78 is 6.37. The van der Waals surface area contributed by atoms with Crippen LogP contribution in [0.3, 0.4) is 0 Å². The summed E-state index contributed by atoms with van der Waals surface area (Å²) in [7, 11) is 2.23. The lowest BCUT2D eigenvalue weighted by Crippen LogP contribution is -2.26. The molecule has 1 aromatic heterocycles. The minimum atomic E-state index is 0.00658. The number of likely N-dealkylation sites (N-methyl/N-ethyl adjacent to an activating group) is 1. The molecule has 2 aliphatic carbocycles. The minimum absolute atomic E-state index is 0.00658. The summed E-state index contributed by atoms with van der Waals surface area (Å²) >= 11 is 0. The van der Waals surface area contributed by atoms with E-state index in [0.717, 1.165) is 68.6 Å². The topological polar surface area (TPSA) is 16.4 Å². The smallest absolute Gasteiger partial charge is 0.135 e. The van der Waals surface area contributed by atoms with Crippen LogP contribution in [-0.2, 0) is 6.54 Å². The summed E-state index contributed by atoms with van der Waals surface area (Å²) in [6.45, 7) is 16.3. The molecule has 0 N–H and O–H groups in total. The molecule has 0 fully saturated rings. The van der Waals surface area contributed by atoms with Crippen molar-refractivity contribution in [3.05, 3.63) is 306 Å². The van der Waals surface area contributed by atoms with E-state index in [0.29, 0.717) is 0 Å². The predicted octanol–water partition coefficient (Wildman–Crippen LogP) is 19.9. The van der Waals surface area contributed by atoms with E-state index in [1.807, 2.05) is 24.3 Å². The second kappa shape index (κ2) is 21.9. The van der Waals surface area contributed by atoms with Gasteiger partial charge in [0.05, 0.1) is 6.04 Å². The Kier molecular flexibility index (Phi) is 14.3. The second-order valence-corrected chi connectivity index (χ2v) is 20.1. The van der Waals surface area contributed by atoms with Crippen molar-refractivity contribution in [3.63, 3.8) is 0 Å². The number of fused-ring (bicyclic) bond motifs is 1. The number of hydrogen-bond donors (Lipinski definition) is 0. The van der Waals surface area contributed by atoms with Gasteiger partial charge in [-0.2, -0.15) is 0 Å². The van der Waals surface area contributed by atoms with E-state index in [4.69, 9.17) is 11.0 Å². The van der Waals surface area contributed by atoms with E-state index in [-0.39, 0.29) is 6.04 Å². The van der Waals surface area contributed by atoms with Crippen LogP contribution >= 0.6 is 0 Å². The molecule has 0 amide bonds. The highest BCUT2D eigenvalue weighted by Gasteiger charge is 2.23. The number of benzene rings is 8. The third kappa shape index (κ3) is 10.2. The highest BCUT2D eigenvalue weighted by molar-refractivity contribution is 5.95. The minimum Gasteiger partial charge on any atom is -0.456 e. The van der Waals surface area contributed by atoms with Crippen molar-refractivity contribution in [2.45, 2.75) is 39.8 Å². The first-order valence-corrected chi connectivity index (χ1v) is 26.4. The average Bonchev–Trinajstić information content (AvgIpc) is 4.11. The molecule has 9 aromatic rings. The number of aryl methyl sites for hydroxylation is 2. The highest BCUT2D eigenvalue weighted by atomic mass is 16.3. The van der Waals surface area contributed by atoms with Crippen molar-refractivity contribution >= 4 is 45.9 Å². The van der Waals surface area contributed by atoms with Crippen LogP contribution in [0.15, 0.2) is 248 Å². The number of para-hydroxylation sites is 1. The third-order valence-electron chi connectivity index (χ3n) is 15.1. The van der Waals surface area contributed by atoms with E-state index in [1.54, 1.807) is 0 Å². The molecule has 0 saturated heterocycles. The van der Waals surface area contributed by atoms with Gasteiger partial charge >= 0.3 is 0 Å². The lowest BCUT2D eigenvalue weighted by molar-refractivity contribution is 0.265. The van der Waals surface area contributed by atoms with Crippen molar-refractivity contribution in [1.82, 2.24) is 4.90 Å². The van der Waals surface area contributed by atoms with Gasteiger partial charge < -0.3 is 4.42 Å². The second-order valence-electron chi connectivity index (χ2n) is 20.1. The van der Waals surface area contributed by atoms with Crippen molar-refractivity contribution in [2.75, 3.05) is 7.05 Å². The fraction of sp³-hybridized carbons (Fsp3) is 0.0946. The van der Waals surface area contributed by atoms with E-state index in [2.05, 4.69) is 264 Å². The molecule has 8 aromatic carbocycles. The normalized spacial score (nSPS) is 13.6. The summed E-state index contributed by atoms with van der Waals surface area (Å²) in [5, 5.41) is 1.06. The zero-order valence-corrected chi connectivity index (χ0v) is 43.9. The summed E-state index contributed by atoms with van der Waals surface area (Å²) in [6, 6.07) is 66.3. The van der Waals surface area contributed by atoms with Gasteiger partial charge in [0.15, 0.2) is 0 Å². The van der Waals surface area contributed by atoms with Crippen molar-refractivity contribution in [2.24, 2.45) is 0 Å². The third-order valence-corrected chi connectivity index (χ3v) is 15.1. The summed E-state index contributed by atoms with van der Waals surface area (Å²) in [4.78, 5) is 2.45. The van der Waals surface area contributed by atoms with Crippen LogP contribution in [0.5, 0.6) is 0 Å². The predicted molar refractivity (Wildman–Crippen MR) is 326 cm³/mol. The quantitative estimate of drug-likeness (QED) is 0.0846. The molecule has 0 bridgehead atoms. The fourth-order valence-electron chi connectivity index (χ4n) is 11.2. The number of furan rings is 1. The van der Waals surface area contributed by atoms with E-state index in [9.17, 15) is 0 Å². The SMILES string of the molecule is C=Cc1c(/C=C\c2cc(-c3ccc(/C(=C/C)CC(=C)C(c4ccccc4)N(C)Cc4ccc(-c5ccccc5C5=CC=C[CH]5)c(C)c4)cc3)cc(-c3ccc(C4=CC=C4)c(-c4ccccc4C)c3)c2)oc2ccccc12. The molecule has 369 valence electrons. The Labute approximate surface area is 449 Å². The summed E-state index contributed by atoms with van der Waals surface area (Å²) in [5.74, 6) is 0.789. The Bertz CT molecular complexity index is 3860. The molecular formula is C74H62NO. The molecule has 2 nitrogen and oxygen atoms in total. The first-order valence-electron chi connectivity index (χ1n) is 26.4. The molecule has 2 aliphatic rings. The van der Waals surface area contributed by atoms with Crippen LogP contribution in [0.25, 0.3) is 90.4 Å². The van der Waals surface area contributed by atoms with Gasteiger partial charge in [0.1, 0.15) is 11.3 Å². The first-order chi connectivity index (χ1) is 37.2. The van der Waals surface area contributed by atoms with Gasteiger partial charge in [0.25, 0.3) is 0 Å². The van der Waals surface area contributed by atoms with Gasteiger partial charge in [-0.1, -0.05) is 225 Å². The maximum absolute atomic E-state index is 6.37. The van der Waals surface area contributed by atoms with Crippen LogP contribution in [-0.4, -0.2) is 11.9 Å². The Morgan fingerprint density at radius 1 is 0.579 bits per heavy atom. The molecule has 1 unspecified atom stereocenters. The maximum Gasteiger partial charge on any atom is 0.135 e. The van der Waals surface area contributed by atoms with E-state index in [1.165, 1.54) is 77.9 Å². The number of nitrogens with zero attached hydrogens (tertiary/aromatic N) is 1. The first kappa shape index (κ1) is 49.4. The summed E-state index contributed by atoms with van der Waals surface area (Å²) in [6.07, 6.45) is 24.2. The van der Waals surface area contributed by atoms with Crippen LogP contribution in [0.4, 0.5) is 0 Å². The number of allylic oxidation sites excluding steroid dienone is 10. The lowest BCUT2D eigenvalue weighted by Gasteiger charge is -2.31. The molecule has 0 saturated carbocycles. The average molecular weight is 981 g/mol. The van der Waals surface area contributed by atoms with Gasteiger partial charge in [-0.3, -0.25) is 4.90 Å². The highest BCUT2D eigenvalue weighted by Crippen LogP contribution is 2.41. The molecule has 11 rings (SSSR count). The van der Waals surface area contributed by atoms with Crippen LogP contribution in [0.2, 0.25) is 0 Å². The van der Waals surface area contributed by atoms with Gasteiger partial charge in [0.2, 0.25) is 0 Å². The standard InChI is InChI=1S/C74H62NO/c1-7-55(44-52(5)74(60-24-10-9-11-25-60)75(6)49-54-33-40-66(51(4)43-54)69-30-17-16-29-67(69)58-22-13-14-23-58)56-35-37-57(38-36-56)62-45-53(34-42-73-64(8-2)70-31-18-19-32-72(70)76-73)46-63(47-62)61-39-41-68(59-26-20-27-59)71(48-61)65-28-15-12-21-50(65)3/h7-43,45-48,74H,2,5,44,49H2,1,3-4,6H3/b42-34-,55-7+. The lowest BCUT2D eigenvalue weighted by atomic mass is 9.86. The monoisotopic (exact) mass is 980 g/mol. The zero-order chi connectivity index (χ0) is 52.1. The Morgan fingerprint density at radius 3 is 1.96 bits per heavy atom. The summed E-state index contributed by atoms with van der Waals surface area (Å²) in [5.41, 5.74) is 26.1. The molecule has 0 aliphatic heterocycles. The number of rotatable bonds is 17. The molecule has 1 heterocycles. The largest absolute Gasteiger partial charge is 0.456 e. The van der Waals surface area contributed by atoms with Crippen molar-refractivity contribution < 1.29 is 4.42 Å². The fourth-order valence-corrected chi connectivity index (χ4v) is 11.2. The molecule has 2 heteroatoms. The van der Waals surface area contributed by atoms with E-state index >= 15 is 0 Å². The van der Waals surface area contributed by atoms with Crippen LogP contribution in [0, 0.1) is 20.3 Å². The van der Waals surface area contributed by atoms with Gasteiger partial charge in [-0.15, -0.1) is 0 Å². The van der Waals surface area contributed by atoms with E-state index < -0.39 is 0 Å². The van der Waals surface area contributed by atoms with Gasteiger partial charge in [-0.25, -0.2) is 0 Å². The molecule has 76 heavy (non-hydrogen) atoms. The van der Waals surface area contributed by atoms with Crippen LogP contribution in [0.1, 0.15) is 75.2 Å². The van der Waals surface area contributed by atoms with Crippen molar-refractivity contribution in [3.8, 4) is 44.5 Å². The van der Waals surface area contributed by atoms with Crippen molar-refractivity contribution in [1.29, 1.82) is 0 Å². The maximum atomic E-state index is 6.37. The van der Waals surface area contributed by atoms with Gasteiger partial charge in [-0.05, 0) is 176 Å². The molecule has 1 radical (unpaired) electrons.